The van der Waals surface area contributed by atoms with E-state index in [-0.39, 0.29) is 28.9 Å². The Bertz CT molecular complexity index is 1050. The van der Waals surface area contributed by atoms with Crippen LogP contribution in [0.1, 0.15) is 78.1 Å². The van der Waals surface area contributed by atoms with Crippen molar-refractivity contribution < 1.29 is 19.5 Å². The first-order chi connectivity index (χ1) is 15.1. The topological polar surface area (TPSA) is 124 Å². The van der Waals surface area contributed by atoms with Gasteiger partial charge in [0.25, 0.3) is 5.91 Å². The number of anilines is 1. The number of carbonyl (C=O) groups is 3. The molecule has 2 aliphatic rings. The smallest absolute Gasteiger partial charge is 0.268 e. The number of rotatable bonds is 7. The second kappa shape index (κ2) is 8.41. The molecule has 0 aromatic carbocycles. The minimum atomic E-state index is -0.719. The van der Waals surface area contributed by atoms with Crippen LogP contribution in [0.3, 0.4) is 0 Å². The standard InChI is InChI=1S/C24H30N4O4/c1-13-20-17(10-24(2,3)11-18(20)29)27-21(13)23(32)28-16(8-6-14-4-5-14)22(31)26-15-7-9-19(30)25-12-15/h7,9,12,14,16,27H,4-6,8,10-11H2,1-3H3,(H,25,30)(H,26,31)(H,28,32). The van der Waals surface area contributed by atoms with E-state index in [0.29, 0.717) is 47.7 Å². The van der Waals surface area contributed by atoms with Crippen LogP contribution in [-0.4, -0.2) is 38.7 Å². The highest BCUT2D eigenvalue weighted by atomic mass is 16.3. The van der Waals surface area contributed by atoms with Crippen molar-refractivity contribution in [1.29, 1.82) is 0 Å². The second-order valence-corrected chi connectivity index (χ2v) is 9.86. The van der Waals surface area contributed by atoms with Gasteiger partial charge in [-0.25, -0.2) is 4.98 Å². The number of amides is 2. The molecular formula is C24H30N4O4. The molecule has 170 valence electrons. The molecule has 0 aliphatic heterocycles. The molecule has 0 saturated heterocycles. The number of Topliss-reactive ketones (excluding diaryl/α,β-unsaturated/α-hetero) is 1. The maximum absolute atomic E-state index is 13.1. The van der Waals surface area contributed by atoms with Gasteiger partial charge in [0.1, 0.15) is 11.7 Å². The molecule has 8 nitrogen and oxygen atoms in total. The minimum absolute atomic E-state index is 0.0481. The van der Waals surface area contributed by atoms with Gasteiger partial charge in [-0.3, -0.25) is 14.4 Å². The van der Waals surface area contributed by atoms with Crippen LogP contribution >= 0.6 is 0 Å². The molecular weight excluding hydrogens is 408 g/mol. The fourth-order valence-corrected chi connectivity index (χ4v) is 4.46. The third-order valence-electron chi connectivity index (χ3n) is 6.33. The quantitative estimate of drug-likeness (QED) is 0.527. The summed E-state index contributed by atoms with van der Waals surface area (Å²) in [6, 6.07) is 2.22. The summed E-state index contributed by atoms with van der Waals surface area (Å²) in [7, 11) is 0. The molecule has 8 heteroatoms. The Morgan fingerprint density at radius 2 is 2.03 bits per heavy atom. The highest BCUT2D eigenvalue weighted by Gasteiger charge is 2.36. The number of aromatic amines is 1. The van der Waals surface area contributed by atoms with E-state index in [1.165, 1.54) is 12.3 Å². The number of nitrogens with one attached hydrogen (secondary N) is 3. The summed E-state index contributed by atoms with van der Waals surface area (Å²) in [5.41, 5.74) is 2.68. The van der Waals surface area contributed by atoms with Crippen molar-refractivity contribution in [3.05, 3.63) is 40.8 Å². The summed E-state index contributed by atoms with van der Waals surface area (Å²) in [5, 5.41) is 15.0. The zero-order valence-corrected chi connectivity index (χ0v) is 18.7. The summed E-state index contributed by atoms with van der Waals surface area (Å²) in [6.45, 7) is 5.86. The minimum Gasteiger partial charge on any atom is -0.493 e. The molecule has 2 heterocycles. The highest BCUT2D eigenvalue weighted by molar-refractivity contribution is 6.06. The molecule has 1 unspecified atom stereocenters. The lowest BCUT2D eigenvalue weighted by molar-refractivity contribution is -0.118. The van der Waals surface area contributed by atoms with Gasteiger partial charge in [0.2, 0.25) is 11.8 Å². The Labute approximate surface area is 187 Å². The van der Waals surface area contributed by atoms with Gasteiger partial charge in [0.15, 0.2) is 5.78 Å². The van der Waals surface area contributed by atoms with Gasteiger partial charge in [-0.2, -0.15) is 0 Å². The normalized spacial score (nSPS) is 18.0. The monoisotopic (exact) mass is 438 g/mol. The van der Waals surface area contributed by atoms with Crippen molar-refractivity contribution in [3.63, 3.8) is 0 Å². The number of hydrogen-bond donors (Lipinski definition) is 4. The van der Waals surface area contributed by atoms with E-state index in [2.05, 4.69) is 20.6 Å². The SMILES string of the molecule is Cc1c(C(=O)NC(CCC2CC2)C(=O)Nc2ccc(O)nc2)[nH]c2c1C(=O)CC(C)(C)C2. The first-order valence-electron chi connectivity index (χ1n) is 11.1. The van der Waals surface area contributed by atoms with E-state index >= 15 is 0 Å². The first-order valence-corrected chi connectivity index (χ1v) is 11.1. The Morgan fingerprint density at radius 1 is 1.28 bits per heavy atom. The Hall–Kier alpha value is -3.16. The van der Waals surface area contributed by atoms with E-state index in [9.17, 15) is 19.5 Å². The van der Waals surface area contributed by atoms with Crippen LogP contribution in [-0.2, 0) is 11.2 Å². The molecule has 0 bridgehead atoms. The highest BCUT2D eigenvalue weighted by Crippen LogP contribution is 2.37. The maximum Gasteiger partial charge on any atom is 0.268 e. The third kappa shape index (κ3) is 4.84. The van der Waals surface area contributed by atoms with Crippen molar-refractivity contribution >= 4 is 23.3 Å². The largest absolute Gasteiger partial charge is 0.493 e. The lowest BCUT2D eigenvalue weighted by Gasteiger charge is -2.28. The van der Waals surface area contributed by atoms with Crippen molar-refractivity contribution in [2.24, 2.45) is 11.3 Å². The van der Waals surface area contributed by atoms with E-state index in [0.717, 1.165) is 25.0 Å². The number of hydrogen-bond acceptors (Lipinski definition) is 5. The summed E-state index contributed by atoms with van der Waals surface area (Å²) in [4.78, 5) is 45.7. The van der Waals surface area contributed by atoms with Gasteiger partial charge < -0.3 is 20.7 Å². The molecule has 1 fully saturated rings. The molecule has 2 aromatic rings. The van der Waals surface area contributed by atoms with Gasteiger partial charge in [-0.05, 0) is 49.1 Å². The van der Waals surface area contributed by atoms with E-state index in [1.807, 2.05) is 13.8 Å². The molecule has 2 amide bonds. The zero-order valence-electron chi connectivity index (χ0n) is 18.7. The average molecular weight is 439 g/mol. The Kier molecular flexibility index (Phi) is 5.79. The van der Waals surface area contributed by atoms with Gasteiger partial charge >= 0.3 is 0 Å². The predicted molar refractivity (Wildman–Crippen MR) is 120 cm³/mol. The van der Waals surface area contributed by atoms with Gasteiger partial charge in [0.05, 0.1) is 11.9 Å². The number of aromatic hydroxyl groups is 1. The van der Waals surface area contributed by atoms with Gasteiger partial charge in [-0.15, -0.1) is 0 Å². The van der Waals surface area contributed by atoms with Crippen LogP contribution in [0.4, 0.5) is 5.69 Å². The molecule has 4 rings (SSSR count). The van der Waals surface area contributed by atoms with Gasteiger partial charge in [-0.1, -0.05) is 26.7 Å². The van der Waals surface area contributed by atoms with Crippen LogP contribution < -0.4 is 10.6 Å². The summed E-state index contributed by atoms with van der Waals surface area (Å²) < 4.78 is 0. The van der Waals surface area contributed by atoms with Crippen LogP contribution in [0.25, 0.3) is 0 Å². The molecule has 1 atom stereocenters. The number of aromatic nitrogens is 2. The van der Waals surface area contributed by atoms with Crippen LogP contribution in [0.15, 0.2) is 18.3 Å². The van der Waals surface area contributed by atoms with Crippen LogP contribution in [0, 0.1) is 18.3 Å². The predicted octanol–water partition coefficient (Wildman–Crippen LogP) is 3.51. The average Bonchev–Trinajstić information content (AvgIpc) is 3.48. The van der Waals surface area contributed by atoms with E-state index in [4.69, 9.17) is 0 Å². The van der Waals surface area contributed by atoms with Gasteiger partial charge in [0, 0.05) is 23.7 Å². The molecule has 32 heavy (non-hydrogen) atoms. The molecule has 0 spiro atoms. The number of fused-ring (bicyclic) bond motifs is 1. The van der Waals surface area contributed by atoms with Crippen molar-refractivity contribution in [3.8, 4) is 5.88 Å². The number of carbonyl (C=O) groups excluding carboxylic acids is 3. The van der Waals surface area contributed by atoms with Crippen LogP contribution in [0.2, 0.25) is 0 Å². The Balaban J connectivity index is 1.51. The van der Waals surface area contributed by atoms with E-state index in [1.54, 1.807) is 13.0 Å². The lowest BCUT2D eigenvalue weighted by atomic mass is 9.75. The van der Waals surface area contributed by atoms with Crippen molar-refractivity contribution in [2.75, 3.05) is 5.32 Å². The lowest BCUT2D eigenvalue weighted by Crippen LogP contribution is -2.44. The summed E-state index contributed by atoms with van der Waals surface area (Å²) in [6.07, 6.45) is 6.21. The maximum atomic E-state index is 13.1. The van der Waals surface area contributed by atoms with Crippen molar-refractivity contribution in [2.45, 2.75) is 65.3 Å². The van der Waals surface area contributed by atoms with Crippen LogP contribution in [0.5, 0.6) is 5.88 Å². The molecule has 2 aromatic heterocycles. The third-order valence-corrected chi connectivity index (χ3v) is 6.33. The molecule has 2 aliphatic carbocycles. The Morgan fingerprint density at radius 3 is 2.69 bits per heavy atom. The fourth-order valence-electron chi connectivity index (χ4n) is 4.46. The summed E-state index contributed by atoms with van der Waals surface area (Å²) >= 11 is 0. The molecule has 0 radical (unpaired) electrons. The molecule has 4 N–H and O–H groups in total. The number of ketones is 1. The molecule has 1 saturated carbocycles. The van der Waals surface area contributed by atoms with Crippen molar-refractivity contribution in [1.82, 2.24) is 15.3 Å². The zero-order chi connectivity index (χ0) is 23.0. The number of pyridine rings is 1. The van der Waals surface area contributed by atoms with E-state index < -0.39 is 6.04 Å². The fraction of sp³-hybridized carbons (Fsp3) is 0.500. The number of H-pyrrole nitrogens is 1. The number of nitrogens with zero attached hydrogens (tertiary/aromatic N) is 1. The first kappa shape index (κ1) is 22.0. The second-order valence-electron chi connectivity index (χ2n) is 9.86. The summed E-state index contributed by atoms with van der Waals surface area (Å²) in [5.74, 6) is -0.200.